The van der Waals surface area contributed by atoms with E-state index < -0.39 is 0 Å². The molecule has 7 nitrogen and oxygen atoms in total. The Labute approximate surface area is 182 Å². The standard InChI is InChI=1S/C24H25N5O2/c1-4-18-7-6-8-20(13-18)28-22(30)15-27-24(25-5-2)26-14-21-16-31-23(29-21)19-11-9-17(3)10-12-19/h1,6-13,16H,5,14-15H2,2-3H3,(H,28,30)(H2,25,26,27). The van der Waals surface area contributed by atoms with Crippen molar-refractivity contribution in [2.24, 2.45) is 4.99 Å². The molecule has 31 heavy (non-hydrogen) atoms. The number of terminal acetylenes is 1. The predicted molar refractivity (Wildman–Crippen MR) is 123 cm³/mol. The molecule has 0 radical (unpaired) electrons. The number of anilines is 1. The SMILES string of the molecule is C#Cc1cccc(NC(=O)CNC(=NCc2coc(-c3ccc(C)cc3)n2)NCC)c1. The number of hydrogen-bond acceptors (Lipinski definition) is 4. The van der Waals surface area contributed by atoms with E-state index in [0.717, 1.165) is 5.56 Å². The van der Waals surface area contributed by atoms with Gasteiger partial charge in [-0.2, -0.15) is 0 Å². The molecule has 1 aromatic heterocycles. The van der Waals surface area contributed by atoms with E-state index in [9.17, 15) is 4.79 Å². The van der Waals surface area contributed by atoms with E-state index in [2.05, 4.69) is 31.8 Å². The maximum atomic E-state index is 12.2. The lowest BCUT2D eigenvalue weighted by Gasteiger charge is -2.11. The summed E-state index contributed by atoms with van der Waals surface area (Å²) in [4.78, 5) is 21.2. The van der Waals surface area contributed by atoms with Crippen LogP contribution in [-0.4, -0.2) is 29.9 Å². The molecule has 0 spiro atoms. The fourth-order valence-electron chi connectivity index (χ4n) is 2.77. The van der Waals surface area contributed by atoms with Crippen molar-refractivity contribution < 1.29 is 9.21 Å². The second kappa shape index (κ2) is 10.6. The molecule has 0 fully saturated rings. The molecule has 0 saturated heterocycles. The normalized spacial score (nSPS) is 10.9. The van der Waals surface area contributed by atoms with E-state index in [0.29, 0.717) is 41.9 Å². The number of carbonyl (C=O) groups is 1. The van der Waals surface area contributed by atoms with Gasteiger partial charge < -0.3 is 20.4 Å². The first-order valence-electron chi connectivity index (χ1n) is 9.97. The first-order valence-corrected chi connectivity index (χ1v) is 9.97. The maximum absolute atomic E-state index is 12.2. The molecule has 3 rings (SSSR count). The summed E-state index contributed by atoms with van der Waals surface area (Å²) in [6, 6.07) is 15.1. The Balaban J connectivity index is 1.57. The second-order valence-corrected chi connectivity index (χ2v) is 6.83. The Morgan fingerprint density at radius 1 is 1.19 bits per heavy atom. The van der Waals surface area contributed by atoms with Gasteiger partial charge in [0.05, 0.1) is 13.1 Å². The third-order valence-electron chi connectivity index (χ3n) is 4.32. The van der Waals surface area contributed by atoms with Gasteiger partial charge in [0.1, 0.15) is 12.0 Å². The van der Waals surface area contributed by atoms with E-state index in [1.165, 1.54) is 5.56 Å². The van der Waals surface area contributed by atoms with Crippen molar-refractivity contribution in [1.82, 2.24) is 15.6 Å². The van der Waals surface area contributed by atoms with Crippen LogP contribution in [0.1, 0.15) is 23.7 Å². The minimum absolute atomic E-state index is 0.0551. The number of benzene rings is 2. The van der Waals surface area contributed by atoms with Crippen LogP contribution in [0.4, 0.5) is 5.69 Å². The number of aliphatic imine (C=N–C) groups is 1. The van der Waals surface area contributed by atoms with Crippen LogP contribution >= 0.6 is 0 Å². The van der Waals surface area contributed by atoms with Gasteiger partial charge in [0.25, 0.3) is 0 Å². The topological polar surface area (TPSA) is 91.5 Å². The fraction of sp³-hybridized carbons (Fsp3) is 0.208. The van der Waals surface area contributed by atoms with E-state index in [4.69, 9.17) is 10.8 Å². The molecule has 0 saturated carbocycles. The Hall–Kier alpha value is -4.05. The number of hydrogen-bond donors (Lipinski definition) is 3. The lowest BCUT2D eigenvalue weighted by Crippen LogP contribution is -2.41. The number of nitrogens with zero attached hydrogens (tertiary/aromatic N) is 2. The molecule has 1 heterocycles. The smallest absolute Gasteiger partial charge is 0.243 e. The van der Waals surface area contributed by atoms with Crippen LogP contribution < -0.4 is 16.0 Å². The molecule has 2 aromatic carbocycles. The van der Waals surface area contributed by atoms with Crippen LogP contribution in [0.15, 0.2) is 64.2 Å². The van der Waals surface area contributed by atoms with Gasteiger partial charge in [-0.05, 0) is 44.2 Å². The van der Waals surface area contributed by atoms with Crippen molar-refractivity contribution in [2.75, 3.05) is 18.4 Å². The van der Waals surface area contributed by atoms with Crippen molar-refractivity contribution in [3.05, 3.63) is 71.6 Å². The molecular formula is C24H25N5O2. The van der Waals surface area contributed by atoms with Gasteiger partial charge in [0.2, 0.25) is 11.8 Å². The molecule has 0 aliphatic rings. The molecular weight excluding hydrogens is 390 g/mol. The van der Waals surface area contributed by atoms with Gasteiger partial charge in [-0.3, -0.25) is 4.79 Å². The van der Waals surface area contributed by atoms with Gasteiger partial charge >= 0.3 is 0 Å². The highest BCUT2D eigenvalue weighted by molar-refractivity contribution is 5.95. The first kappa shape index (κ1) is 21.7. The van der Waals surface area contributed by atoms with Crippen LogP contribution in [0.25, 0.3) is 11.5 Å². The number of carbonyl (C=O) groups excluding carboxylic acids is 1. The lowest BCUT2D eigenvalue weighted by atomic mass is 10.1. The van der Waals surface area contributed by atoms with Crippen LogP contribution in [0.3, 0.4) is 0 Å². The summed E-state index contributed by atoms with van der Waals surface area (Å²) in [6.07, 6.45) is 6.98. The number of aromatic nitrogens is 1. The molecule has 158 valence electrons. The largest absolute Gasteiger partial charge is 0.444 e. The molecule has 0 bridgehead atoms. The van der Waals surface area contributed by atoms with Crippen LogP contribution in [0, 0.1) is 19.3 Å². The fourth-order valence-corrected chi connectivity index (χ4v) is 2.77. The van der Waals surface area contributed by atoms with Crippen LogP contribution in [0.5, 0.6) is 0 Å². The van der Waals surface area contributed by atoms with E-state index >= 15 is 0 Å². The Kier molecular flexibility index (Phi) is 7.44. The number of rotatable bonds is 7. The van der Waals surface area contributed by atoms with Crippen molar-refractivity contribution in [3.63, 3.8) is 0 Å². The van der Waals surface area contributed by atoms with Crippen molar-refractivity contribution in [1.29, 1.82) is 0 Å². The van der Waals surface area contributed by atoms with E-state index in [-0.39, 0.29) is 12.5 Å². The number of aryl methyl sites for hydroxylation is 1. The van der Waals surface area contributed by atoms with Crippen molar-refractivity contribution >= 4 is 17.6 Å². The molecule has 0 aliphatic heterocycles. The summed E-state index contributed by atoms with van der Waals surface area (Å²) in [6.45, 7) is 5.01. The zero-order chi connectivity index (χ0) is 22.1. The third-order valence-corrected chi connectivity index (χ3v) is 4.32. The number of amides is 1. The number of guanidine groups is 1. The van der Waals surface area contributed by atoms with Crippen LogP contribution in [-0.2, 0) is 11.3 Å². The summed E-state index contributed by atoms with van der Waals surface area (Å²) < 4.78 is 5.57. The Bertz CT molecular complexity index is 1090. The van der Waals surface area contributed by atoms with E-state index in [1.54, 1.807) is 30.5 Å². The highest BCUT2D eigenvalue weighted by atomic mass is 16.3. The molecule has 7 heteroatoms. The first-order chi connectivity index (χ1) is 15.1. The zero-order valence-corrected chi connectivity index (χ0v) is 17.6. The van der Waals surface area contributed by atoms with E-state index in [1.807, 2.05) is 38.1 Å². The molecule has 3 aromatic rings. The predicted octanol–water partition coefficient (Wildman–Crippen LogP) is 3.33. The molecule has 3 N–H and O–H groups in total. The third kappa shape index (κ3) is 6.47. The van der Waals surface area contributed by atoms with Crippen LogP contribution in [0.2, 0.25) is 0 Å². The molecule has 0 unspecified atom stereocenters. The zero-order valence-electron chi connectivity index (χ0n) is 17.6. The summed E-state index contributed by atoms with van der Waals surface area (Å²) in [5, 5.41) is 8.93. The second-order valence-electron chi connectivity index (χ2n) is 6.83. The molecule has 0 aliphatic carbocycles. The number of nitrogens with one attached hydrogen (secondary N) is 3. The highest BCUT2D eigenvalue weighted by Crippen LogP contribution is 2.19. The minimum Gasteiger partial charge on any atom is -0.444 e. The van der Waals surface area contributed by atoms with Crippen molar-refractivity contribution in [3.8, 4) is 23.8 Å². The average Bonchev–Trinajstić information content (AvgIpc) is 3.25. The maximum Gasteiger partial charge on any atom is 0.243 e. The Morgan fingerprint density at radius 3 is 2.74 bits per heavy atom. The molecule has 1 amide bonds. The minimum atomic E-state index is -0.206. The van der Waals surface area contributed by atoms with Gasteiger partial charge in [0, 0.05) is 23.4 Å². The number of oxazole rings is 1. The van der Waals surface area contributed by atoms with Crippen molar-refractivity contribution in [2.45, 2.75) is 20.4 Å². The van der Waals surface area contributed by atoms with Gasteiger partial charge in [0.15, 0.2) is 5.96 Å². The molecule has 0 atom stereocenters. The summed E-state index contributed by atoms with van der Waals surface area (Å²) >= 11 is 0. The van der Waals surface area contributed by atoms with Gasteiger partial charge in [-0.1, -0.05) is 29.7 Å². The summed E-state index contributed by atoms with van der Waals surface area (Å²) in [5.41, 5.74) is 4.14. The van der Waals surface area contributed by atoms with Gasteiger partial charge in [-0.25, -0.2) is 9.98 Å². The summed E-state index contributed by atoms with van der Waals surface area (Å²) in [7, 11) is 0. The Morgan fingerprint density at radius 2 is 2.00 bits per heavy atom. The van der Waals surface area contributed by atoms with Gasteiger partial charge in [-0.15, -0.1) is 6.42 Å². The average molecular weight is 415 g/mol. The summed E-state index contributed by atoms with van der Waals surface area (Å²) in [5.74, 6) is 3.40. The quantitative estimate of drug-likeness (QED) is 0.313. The highest BCUT2D eigenvalue weighted by Gasteiger charge is 2.08. The lowest BCUT2D eigenvalue weighted by molar-refractivity contribution is -0.115. The monoisotopic (exact) mass is 415 g/mol.